The Balaban J connectivity index is 1.11. The minimum absolute atomic E-state index is 0.285. The van der Waals surface area contributed by atoms with Gasteiger partial charge >= 0.3 is 0 Å². The Bertz CT molecular complexity index is 1470. The number of para-hydroxylation sites is 1. The standard InChI is InChI=1S/C30H28N6O/c37-30(32-25-11-5-4-10-24(25)27-21-36-17-7-6-12-28(36)31-27)26-13-14-29(34-33-26)35-18-15-23(16-19-35)20-22-8-2-1-3-9-22/h1-14,17,21,23H,15-16,18-20H2,(H,32,37). The first kappa shape index (κ1) is 22.9. The fourth-order valence-corrected chi connectivity index (χ4v) is 4.99. The van der Waals surface area contributed by atoms with Gasteiger partial charge in [-0.05, 0) is 61.1 Å². The lowest BCUT2D eigenvalue weighted by atomic mass is 9.90. The summed E-state index contributed by atoms with van der Waals surface area (Å²) in [4.78, 5) is 20.0. The van der Waals surface area contributed by atoms with Gasteiger partial charge in [-0.3, -0.25) is 4.79 Å². The number of nitrogens with zero attached hydrogens (tertiary/aromatic N) is 5. The SMILES string of the molecule is O=C(Nc1ccccc1-c1cn2ccccc2n1)c1ccc(N2CCC(Cc3ccccc3)CC2)nn1. The van der Waals surface area contributed by atoms with Gasteiger partial charge in [-0.1, -0.05) is 54.6 Å². The van der Waals surface area contributed by atoms with Gasteiger partial charge < -0.3 is 14.6 Å². The lowest BCUT2D eigenvalue weighted by molar-refractivity contribution is 0.102. The summed E-state index contributed by atoms with van der Waals surface area (Å²) in [6.07, 6.45) is 7.28. The quantitative estimate of drug-likeness (QED) is 0.341. The van der Waals surface area contributed by atoms with Gasteiger partial charge in [0, 0.05) is 31.0 Å². The molecule has 0 radical (unpaired) electrons. The van der Waals surface area contributed by atoms with E-state index in [4.69, 9.17) is 4.98 Å². The maximum Gasteiger partial charge on any atom is 0.276 e. The summed E-state index contributed by atoms with van der Waals surface area (Å²) in [6.45, 7) is 1.90. The van der Waals surface area contributed by atoms with Crippen molar-refractivity contribution in [2.24, 2.45) is 5.92 Å². The number of nitrogens with one attached hydrogen (secondary N) is 1. The van der Waals surface area contributed by atoms with Crippen LogP contribution in [0.1, 0.15) is 28.9 Å². The number of benzene rings is 2. The number of hydrogen-bond donors (Lipinski definition) is 1. The van der Waals surface area contributed by atoms with Crippen LogP contribution in [0.2, 0.25) is 0 Å². The van der Waals surface area contributed by atoms with Crippen LogP contribution in [-0.4, -0.2) is 38.6 Å². The van der Waals surface area contributed by atoms with E-state index in [1.807, 2.05) is 65.3 Å². The second-order valence-corrected chi connectivity index (χ2v) is 9.49. The van der Waals surface area contributed by atoms with Crippen LogP contribution in [0.25, 0.3) is 16.9 Å². The van der Waals surface area contributed by atoms with Crippen molar-refractivity contribution in [2.75, 3.05) is 23.3 Å². The van der Waals surface area contributed by atoms with Gasteiger partial charge in [0.15, 0.2) is 11.5 Å². The predicted octanol–water partition coefficient (Wildman–Crippen LogP) is 5.50. The van der Waals surface area contributed by atoms with E-state index < -0.39 is 0 Å². The first-order valence-electron chi connectivity index (χ1n) is 12.7. The zero-order valence-corrected chi connectivity index (χ0v) is 20.5. The Morgan fingerprint density at radius 2 is 1.65 bits per heavy atom. The number of fused-ring (bicyclic) bond motifs is 1. The molecule has 2 aromatic carbocycles. The zero-order valence-electron chi connectivity index (χ0n) is 20.5. The molecular weight excluding hydrogens is 460 g/mol. The number of amides is 1. The van der Waals surface area contributed by atoms with E-state index in [9.17, 15) is 4.79 Å². The molecular formula is C30H28N6O. The van der Waals surface area contributed by atoms with E-state index in [1.165, 1.54) is 5.56 Å². The van der Waals surface area contributed by atoms with Crippen LogP contribution in [0.4, 0.5) is 11.5 Å². The summed E-state index contributed by atoms with van der Waals surface area (Å²) in [5, 5.41) is 11.6. The van der Waals surface area contributed by atoms with Gasteiger partial charge in [0.25, 0.3) is 5.91 Å². The summed E-state index contributed by atoms with van der Waals surface area (Å²) >= 11 is 0. The molecule has 0 bridgehead atoms. The van der Waals surface area contributed by atoms with Crippen molar-refractivity contribution < 1.29 is 4.79 Å². The molecule has 0 aliphatic carbocycles. The van der Waals surface area contributed by atoms with E-state index in [2.05, 4.69) is 50.7 Å². The lowest BCUT2D eigenvalue weighted by Crippen LogP contribution is -2.35. The molecule has 37 heavy (non-hydrogen) atoms. The fourth-order valence-electron chi connectivity index (χ4n) is 4.99. The number of pyridine rings is 1. The van der Waals surface area contributed by atoms with Crippen molar-refractivity contribution >= 4 is 23.1 Å². The fraction of sp³-hybridized carbons (Fsp3) is 0.200. The molecule has 4 heterocycles. The molecule has 7 nitrogen and oxygen atoms in total. The van der Waals surface area contributed by atoms with Crippen molar-refractivity contribution in [1.29, 1.82) is 0 Å². The second kappa shape index (κ2) is 10.2. The first-order valence-corrected chi connectivity index (χ1v) is 12.7. The molecule has 1 N–H and O–H groups in total. The largest absolute Gasteiger partial charge is 0.355 e. The average molecular weight is 489 g/mol. The summed E-state index contributed by atoms with van der Waals surface area (Å²) < 4.78 is 1.96. The van der Waals surface area contributed by atoms with Gasteiger partial charge in [0.1, 0.15) is 5.65 Å². The van der Waals surface area contributed by atoms with Crippen LogP contribution < -0.4 is 10.2 Å². The highest BCUT2D eigenvalue weighted by Crippen LogP contribution is 2.28. The Labute approximate surface area is 215 Å². The number of imidazole rings is 1. The summed E-state index contributed by atoms with van der Waals surface area (Å²) in [7, 11) is 0. The van der Waals surface area contributed by atoms with Gasteiger partial charge in [-0.2, -0.15) is 0 Å². The number of carbonyl (C=O) groups excluding carboxylic acids is 1. The highest BCUT2D eigenvalue weighted by Gasteiger charge is 2.21. The number of piperidine rings is 1. The Morgan fingerprint density at radius 1 is 0.865 bits per heavy atom. The predicted molar refractivity (Wildman–Crippen MR) is 146 cm³/mol. The number of hydrogen-bond acceptors (Lipinski definition) is 5. The normalized spacial score (nSPS) is 14.1. The van der Waals surface area contributed by atoms with Gasteiger partial charge in [0.2, 0.25) is 0 Å². The molecule has 6 rings (SSSR count). The molecule has 1 aliphatic rings. The molecule has 7 heteroatoms. The minimum atomic E-state index is -0.295. The highest BCUT2D eigenvalue weighted by atomic mass is 16.1. The van der Waals surface area contributed by atoms with E-state index in [0.29, 0.717) is 11.6 Å². The third kappa shape index (κ3) is 5.07. The van der Waals surface area contributed by atoms with Crippen LogP contribution in [-0.2, 0) is 6.42 Å². The Morgan fingerprint density at radius 3 is 2.43 bits per heavy atom. The molecule has 0 spiro atoms. The molecule has 0 unspecified atom stereocenters. The molecule has 0 saturated carbocycles. The second-order valence-electron chi connectivity index (χ2n) is 9.49. The van der Waals surface area contributed by atoms with E-state index in [-0.39, 0.29) is 11.6 Å². The third-order valence-corrected chi connectivity index (χ3v) is 7.00. The molecule has 184 valence electrons. The summed E-state index contributed by atoms with van der Waals surface area (Å²) in [5.41, 5.74) is 4.86. The molecule has 5 aromatic rings. The molecule has 1 saturated heterocycles. The van der Waals surface area contributed by atoms with Crippen LogP contribution in [0.3, 0.4) is 0 Å². The van der Waals surface area contributed by atoms with Crippen molar-refractivity contribution in [2.45, 2.75) is 19.3 Å². The van der Waals surface area contributed by atoms with Gasteiger partial charge in [0.05, 0.1) is 11.4 Å². The van der Waals surface area contributed by atoms with E-state index in [0.717, 1.165) is 55.1 Å². The van der Waals surface area contributed by atoms with E-state index >= 15 is 0 Å². The van der Waals surface area contributed by atoms with Gasteiger partial charge in [-0.15, -0.1) is 10.2 Å². The topological polar surface area (TPSA) is 75.4 Å². The number of rotatable bonds is 6. The molecule has 1 aliphatic heterocycles. The monoisotopic (exact) mass is 488 g/mol. The molecule has 1 amide bonds. The summed E-state index contributed by atoms with van der Waals surface area (Å²) in [5.74, 6) is 1.21. The minimum Gasteiger partial charge on any atom is -0.355 e. The number of aromatic nitrogens is 4. The molecule has 0 atom stereocenters. The van der Waals surface area contributed by atoms with Gasteiger partial charge in [-0.25, -0.2) is 4.98 Å². The Hall–Kier alpha value is -4.52. The van der Waals surface area contributed by atoms with Crippen LogP contribution in [0.5, 0.6) is 0 Å². The lowest BCUT2D eigenvalue weighted by Gasteiger charge is -2.32. The van der Waals surface area contributed by atoms with Crippen molar-refractivity contribution in [1.82, 2.24) is 19.6 Å². The molecule has 1 fully saturated rings. The number of carbonyl (C=O) groups is 1. The van der Waals surface area contributed by atoms with Crippen LogP contribution >= 0.6 is 0 Å². The zero-order chi connectivity index (χ0) is 25.0. The van der Waals surface area contributed by atoms with E-state index in [1.54, 1.807) is 6.07 Å². The number of anilines is 2. The maximum atomic E-state index is 13.0. The Kier molecular flexibility index (Phi) is 6.33. The van der Waals surface area contributed by atoms with Crippen molar-refractivity contribution in [3.8, 4) is 11.3 Å². The van der Waals surface area contributed by atoms with Crippen LogP contribution in [0.15, 0.2) is 97.3 Å². The van der Waals surface area contributed by atoms with Crippen LogP contribution in [0, 0.1) is 5.92 Å². The first-order chi connectivity index (χ1) is 18.2. The highest BCUT2D eigenvalue weighted by molar-refractivity contribution is 6.04. The third-order valence-electron chi connectivity index (χ3n) is 7.00. The maximum absolute atomic E-state index is 13.0. The van der Waals surface area contributed by atoms with Crippen molar-refractivity contribution in [3.05, 3.63) is 109 Å². The summed E-state index contributed by atoms with van der Waals surface area (Å²) in [6, 6.07) is 27.9. The average Bonchev–Trinajstić information content (AvgIpc) is 3.39. The molecule has 3 aromatic heterocycles. The van der Waals surface area contributed by atoms with Crippen molar-refractivity contribution in [3.63, 3.8) is 0 Å². The smallest absolute Gasteiger partial charge is 0.276 e.